The summed E-state index contributed by atoms with van der Waals surface area (Å²) in [6.45, 7) is 2.92. The maximum absolute atomic E-state index is 12.2. The summed E-state index contributed by atoms with van der Waals surface area (Å²) in [6, 6.07) is 12.6. The molecule has 2 aromatic carbocycles. The standard InChI is InChI=1S/C26H34O5/c1-2-3-4-5-6-7-8-9-10-11-20-30-23-16-14-22(15-17-23)26(29)31-24-18-12-21(13-19-24)25(27)28/h12-19H,2-11,20H2,1H3,(H,27,28). The first-order chi connectivity index (χ1) is 15.1. The molecule has 0 amide bonds. The van der Waals surface area contributed by atoms with E-state index < -0.39 is 11.9 Å². The normalized spacial score (nSPS) is 10.6. The topological polar surface area (TPSA) is 72.8 Å². The molecule has 0 aliphatic heterocycles. The number of carbonyl (C=O) groups excluding carboxylic acids is 1. The number of benzene rings is 2. The molecule has 1 N–H and O–H groups in total. The van der Waals surface area contributed by atoms with Gasteiger partial charge in [0.05, 0.1) is 17.7 Å². The summed E-state index contributed by atoms with van der Waals surface area (Å²) in [5.41, 5.74) is 0.553. The SMILES string of the molecule is CCCCCCCCCCCCOc1ccc(C(=O)Oc2ccc(C(=O)O)cc2)cc1. The lowest BCUT2D eigenvalue weighted by Gasteiger charge is -2.08. The van der Waals surface area contributed by atoms with Crippen LogP contribution in [0.15, 0.2) is 48.5 Å². The van der Waals surface area contributed by atoms with Gasteiger partial charge in [-0.1, -0.05) is 64.7 Å². The second kappa shape index (κ2) is 14.2. The molecule has 5 heteroatoms. The minimum atomic E-state index is -1.02. The summed E-state index contributed by atoms with van der Waals surface area (Å²) in [7, 11) is 0. The summed E-state index contributed by atoms with van der Waals surface area (Å²) in [5, 5.41) is 8.90. The zero-order valence-electron chi connectivity index (χ0n) is 18.5. The third-order valence-electron chi connectivity index (χ3n) is 5.17. The molecule has 2 rings (SSSR count). The predicted molar refractivity (Wildman–Crippen MR) is 122 cm³/mol. The van der Waals surface area contributed by atoms with E-state index >= 15 is 0 Å². The van der Waals surface area contributed by atoms with Crippen molar-refractivity contribution in [2.75, 3.05) is 6.61 Å². The highest BCUT2D eigenvalue weighted by molar-refractivity contribution is 5.91. The lowest BCUT2D eigenvalue weighted by atomic mass is 10.1. The quantitative estimate of drug-likeness (QED) is 0.190. The minimum Gasteiger partial charge on any atom is -0.494 e. The number of carboxylic acids is 1. The number of aromatic carboxylic acids is 1. The molecule has 5 nitrogen and oxygen atoms in total. The summed E-state index contributed by atoms with van der Waals surface area (Å²) < 4.78 is 11.0. The Morgan fingerprint density at radius 1 is 0.677 bits per heavy atom. The van der Waals surface area contributed by atoms with Crippen LogP contribution < -0.4 is 9.47 Å². The molecule has 2 aromatic rings. The van der Waals surface area contributed by atoms with Gasteiger partial charge in [-0.25, -0.2) is 9.59 Å². The Bertz CT molecular complexity index is 780. The fourth-order valence-electron chi connectivity index (χ4n) is 3.30. The monoisotopic (exact) mass is 426 g/mol. The van der Waals surface area contributed by atoms with Gasteiger partial charge in [-0.05, 0) is 55.0 Å². The Hall–Kier alpha value is -2.82. The molecule has 168 valence electrons. The van der Waals surface area contributed by atoms with Crippen molar-refractivity contribution in [1.82, 2.24) is 0 Å². The van der Waals surface area contributed by atoms with Gasteiger partial charge >= 0.3 is 11.9 Å². The zero-order chi connectivity index (χ0) is 22.3. The van der Waals surface area contributed by atoms with E-state index in [0.29, 0.717) is 17.9 Å². The van der Waals surface area contributed by atoms with Gasteiger partial charge in [0.1, 0.15) is 11.5 Å². The molecule has 0 unspecified atom stereocenters. The van der Waals surface area contributed by atoms with Crippen molar-refractivity contribution in [2.45, 2.75) is 71.1 Å². The zero-order valence-corrected chi connectivity index (χ0v) is 18.5. The van der Waals surface area contributed by atoms with E-state index in [1.165, 1.54) is 82.1 Å². The number of carboxylic acid groups (broad SMARTS) is 1. The first-order valence-electron chi connectivity index (χ1n) is 11.4. The first-order valence-corrected chi connectivity index (χ1v) is 11.4. The molecule has 0 spiro atoms. The highest BCUT2D eigenvalue weighted by Crippen LogP contribution is 2.17. The van der Waals surface area contributed by atoms with Crippen LogP contribution in [0.3, 0.4) is 0 Å². The molecule has 0 saturated heterocycles. The third kappa shape index (κ3) is 9.69. The van der Waals surface area contributed by atoms with Crippen LogP contribution >= 0.6 is 0 Å². The van der Waals surface area contributed by atoms with Crippen molar-refractivity contribution >= 4 is 11.9 Å². The molecule has 0 bridgehead atoms. The van der Waals surface area contributed by atoms with E-state index in [0.717, 1.165) is 12.2 Å². The highest BCUT2D eigenvalue weighted by Gasteiger charge is 2.10. The molecular weight excluding hydrogens is 392 g/mol. The lowest BCUT2D eigenvalue weighted by Crippen LogP contribution is -2.08. The van der Waals surface area contributed by atoms with Crippen LogP contribution in [-0.2, 0) is 0 Å². The molecule has 0 aliphatic rings. The van der Waals surface area contributed by atoms with E-state index in [9.17, 15) is 9.59 Å². The van der Waals surface area contributed by atoms with Gasteiger partial charge in [0, 0.05) is 0 Å². The predicted octanol–water partition coefficient (Wildman–Crippen LogP) is 6.90. The largest absolute Gasteiger partial charge is 0.494 e. The Kier molecular flexibility index (Phi) is 11.2. The molecule has 0 radical (unpaired) electrons. The lowest BCUT2D eigenvalue weighted by molar-refractivity contribution is 0.0696. The summed E-state index contributed by atoms with van der Waals surface area (Å²) in [6.07, 6.45) is 12.9. The number of hydrogen-bond acceptors (Lipinski definition) is 4. The highest BCUT2D eigenvalue weighted by atomic mass is 16.5. The fourth-order valence-corrected chi connectivity index (χ4v) is 3.30. The van der Waals surface area contributed by atoms with Crippen LogP contribution in [0, 0.1) is 0 Å². The number of rotatable bonds is 15. The molecule has 0 aliphatic carbocycles. The Morgan fingerprint density at radius 2 is 1.16 bits per heavy atom. The van der Waals surface area contributed by atoms with Gasteiger partial charge in [0.25, 0.3) is 0 Å². The van der Waals surface area contributed by atoms with Crippen LogP contribution in [0.4, 0.5) is 0 Å². The summed E-state index contributed by atoms with van der Waals surface area (Å²) in [4.78, 5) is 23.1. The van der Waals surface area contributed by atoms with Gasteiger partial charge < -0.3 is 14.6 Å². The average Bonchev–Trinajstić information content (AvgIpc) is 2.78. The number of ether oxygens (including phenoxy) is 2. The maximum Gasteiger partial charge on any atom is 0.343 e. The van der Waals surface area contributed by atoms with Gasteiger partial charge in [0.2, 0.25) is 0 Å². The molecule has 31 heavy (non-hydrogen) atoms. The molecule has 0 atom stereocenters. The Morgan fingerprint density at radius 3 is 1.71 bits per heavy atom. The van der Waals surface area contributed by atoms with Crippen molar-refractivity contribution in [3.05, 3.63) is 59.7 Å². The van der Waals surface area contributed by atoms with Crippen LogP contribution in [0.5, 0.6) is 11.5 Å². The van der Waals surface area contributed by atoms with Crippen molar-refractivity contribution in [1.29, 1.82) is 0 Å². The van der Waals surface area contributed by atoms with Gasteiger partial charge in [0.15, 0.2) is 0 Å². The smallest absolute Gasteiger partial charge is 0.343 e. The van der Waals surface area contributed by atoms with Gasteiger partial charge in [-0.2, -0.15) is 0 Å². The third-order valence-corrected chi connectivity index (χ3v) is 5.17. The Labute approximate surface area is 185 Å². The van der Waals surface area contributed by atoms with Crippen LogP contribution in [0.1, 0.15) is 91.8 Å². The summed E-state index contributed by atoms with van der Waals surface area (Å²) >= 11 is 0. The van der Waals surface area contributed by atoms with Crippen LogP contribution in [0.25, 0.3) is 0 Å². The number of esters is 1. The van der Waals surface area contributed by atoms with Crippen molar-refractivity contribution in [2.24, 2.45) is 0 Å². The van der Waals surface area contributed by atoms with Gasteiger partial charge in [-0.15, -0.1) is 0 Å². The summed E-state index contributed by atoms with van der Waals surface area (Å²) in [5.74, 6) is -0.481. The number of unbranched alkanes of at least 4 members (excludes halogenated alkanes) is 9. The molecule has 0 aromatic heterocycles. The Balaban J connectivity index is 1.61. The van der Waals surface area contributed by atoms with E-state index in [4.69, 9.17) is 14.6 Å². The van der Waals surface area contributed by atoms with E-state index in [1.807, 2.05) is 0 Å². The van der Waals surface area contributed by atoms with E-state index in [1.54, 1.807) is 24.3 Å². The molecule has 0 saturated carbocycles. The second-order valence-electron chi connectivity index (χ2n) is 7.77. The first kappa shape index (κ1) is 24.4. The van der Waals surface area contributed by atoms with Crippen molar-refractivity contribution in [3.63, 3.8) is 0 Å². The second-order valence-corrected chi connectivity index (χ2v) is 7.77. The number of carbonyl (C=O) groups is 2. The molecule has 0 heterocycles. The maximum atomic E-state index is 12.2. The van der Waals surface area contributed by atoms with Crippen LogP contribution in [-0.4, -0.2) is 23.7 Å². The fraction of sp³-hybridized carbons (Fsp3) is 0.462. The van der Waals surface area contributed by atoms with E-state index in [-0.39, 0.29) is 5.56 Å². The van der Waals surface area contributed by atoms with Gasteiger partial charge in [-0.3, -0.25) is 0 Å². The average molecular weight is 427 g/mol. The molecular formula is C26H34O5. The molecule has 0 fully saturated rings. The number of hydrogen-bond donors (Lipinski definition) is 1. The van der Waals surface area contributed by atoms with Crippen LogP contribution in [0.2, 0.25) is 0 Å². The van der Waals surface area contributed by atoms with Crippen molar-refractivity contribution in [3.8, 4) is 11.5 Å². The van der Waals surface area contributed by atoms with Crippen molar-refractivity contribution < 1.29 is 24.2 Å². The van der Waals surface area contributed by atoms with E-state index in [2.05, 4.69) is 6.92 Å². The minimum absolute atomic E-state index is 0.142.